The van der Waals surface area contributed by atoms with E-state index < -0.39 is 11.9 Å². The molecule has 0 aliphatic heterocycles. The van der Waals surface area contributed by atoms with Crippen LogP contribution in [0.3, 0.4) is 0 Å². The van der Waals surface area contributed by atoms with Crippen molar-refractivity contribution in [2.75, 3.05) is 7.11 Å². The van der Waals surface area contributed by atoms with Crippen LogP contribution < -0.4 is 10.5 Å². The van der Waals surface area contributed by atoms with Gasteiger partial charge in [-0.3, -0.25) is 0 Å². The van der Waals surface area contributed by atoms with E-state index in [2.05, 4.69) is 0 Å². The van der Waals surface area contributed by atoms with E-state index in [-0.39, 0.29) is 24.6 Å². The van der Waals surface area contributed by atoms with E-state index in [4.69, 9.17) is 15.7 Å². The average Bonchev–Trinajstić information content (AvgIpc) is 2.18. The highest BCUT2D eigenvalue weighted by Gasteiger charge is 2.14. The van der Waals surface area contributed by atoms with Crippen molar-refractivity contribution in [1.29, 1.82) is 5.26 Å². The zero-order valence-electron chi connectivity index (χ0n) is 8.24. The Labute approximate surface area is 94.1 Å². The van der Waals surface area contributed by atoms with Gasteiger partial charge >= 0.3 is 0 Å². The van der Waals surface area contributed by atoms with Crippen molar-refractivity contribution in [2.45, 2.75) is 12.5 Å². The molecule has 0 saturated carbocycles. The number of hydrogen-bond acceptors (Lipinski definition) is 3. The second-order valence-corrected chi connectivity index (χ2v) is 2.83. The van der Waals surface area contributed by atoms with E-state index in [0.29, 0.717) is 5.56 Å². The Morgan fingerprint density at radius 1 is 1.60 bits per heavy atom. The fraction of sp³-hybridized carbons (Fsp3) is 0.300. The van der Waals surface area contributed by atoms with Crippen molar-refractivity contribution in [3.05, 3.63) is 29.6 Å². The molecule has 2 N–H and O–H groups in total. The standard InChI is InChI=1S/C10H11FN2O.ClH/c1-14-9-4-2-3-7(10(9)11)8(13)5-6-12;/h2-4,8H,5,13H2,1H3;1H/t8-;/m1./s1. The summed E-state index contributed by atoms with van der Waals surface area (Å²) in [5.74, 6) is -0.339. The molecule has 0 bridgehead atoms. The predicted octanol–water partition coefficient (Wildman–Crippen LogP) is 2.17. The minimum Gasteiger partial charge on any atom is -0.494 e. The lowest BCUT2D eigenvalue weighted by Gasteiger charge is -2.11. The first-order chi connectivity index (χ1) is 6.70. The molecule has 0 fully saturated rings. The minimum atomic E-state index is -0.602. The molecule has 0 aromatic heterocycles. The van der Waals surface area contributed by atoms with Gasteiger partial charge in [0.25, 0.3) is 0 Å². The van der Waals surface area contributed by atoms with Gasteiger partial charge in [-0.2, -0.15) is 5.26 Å². The molecule has 1 rings (SSSR count). The van der Waals surface area contributed by atoms with Gasteiger partial charge in [-0.05, 0) is 6.07 Å². The normalized spacial score (nSPS) is 11.1. The summed E-state index contributed by atoms with van der Waals surface area (Å²) in [4.78, 5) is 0. The molecule has 0 amide bonds. The number of ether oxygens (including phenoxy) is 1. The van der Waals surface area contributed by atoms with Gasteiger partial charge in [0.15, 0.2) is 11.6 Å². The zero-order valence-corrected chi connectivity index (χ0v) is 9.05. The molecular formula is C10H12ClFN2O. The minimum absolute atomic E-state index is 0. The number of benzene rings is 1. The number of hydrogen-bond donors (Lipinski definition) is 1. The Balaban J connectivity index is 0.00000196. The maximum Gasteiger partial charge on any atom is 0.169 e. The molecule has 15 heavy (non-hydrogen) atoms. The number of nitrogens with two attached hydrogens (primary N) is 1. The van der Waals surface area contributed by atoms with Crippen LogP contribution in [0.15, 0.2) is 18.2 Å². The van der Waals surface area contributed by atoms with Crippen molar-refractivity contribution < 1.29 is 9.13 Å². The number of methoxy groups -OCH3 is 1. The monoisotopic (exact) mass is 230 g/mol. The van der Waals surface area contributed by atoms with Crippen LogP contribution in [0.25, 0.3) is 0 Å². The number of nitriles is 1. The van der Waals surface area contributed by atoms with E-state index in [1.165, 1.54) is 13.2 Å². The predicted molar refractivity (Wildman–Crippen MR) is 57.4 cm³/mol. The lowest BCUT2D eigenvalue weighted by molar-refractivity contribution is 0.382. The molecule has 0 aliphatic rings. The third-order valence-electron chi connectivity index (χ3n) is 1.92. The first-order valence-corrected chi connectivity index (χ1v) is 4.15. The van der Waals surface area contributed by atoms with Crippen molar-refractivity contribution in [3.8, 4) is 11.8 Å². The Hall–Kier alpha value is -1.31. The van der Waals surface area contributed by atoms with Crippen LogP contribution in [0.2, 0.25) is 0 Å². The number of rotatable bonds is 3. The quantitative estimate of drug-likeness (QED) is 0.866. The Morgan fingerprint density at radius 3 is 2.80 bits per heavy atom. The first kappa shape index (κ1) is 13.7. The third-order valence-corrected chi connectivity index (χ3v) is 1.92. The fourth-order valence-electron chi connectivity index (χ4n) is 1.18. The maximum atomic E-state index is 13.5. The lowest BCUT2D eigenvalue weighted by Crippen LogP contribution is -2.11. The summed E-state index contributed by atoms with van der Waals surface area (Å²) in [6, 6.07) is 6.01. The molecule has 1 aromatic rings. The highest BCUT2D eigenvalue weighted by atomic mass is 35.5. The second-order valence-electron chi connectivity index (χ2n) is 2.83. The van der Waals surface area contributed by atoms with Crippen LogP contribution in [0.1, 0.15) is 18.0 Å². The highest BCUT2D eigenvalue weighted by Crippen LogP contribution is 2.24. The van der Waals surface area contributed by atoms with Crippen LogP contribution in [0.4, 0.5) is 4.39 Å². The second kappa shape index (κ2) is 6.23. The summed E-state index contributed by atoms with van der Waals surface area (Å²) in [5.41, 5.74) is 5.92. The average molecular weight is 231 g/mol. The van der Waals surface area contributed by atoms with Crippen molar-refractivity contribution in [1.82, 2.24) is 0 Å². The largest absolute Gasteiger partial charge is 0.494 e. The van der Waals surface area contributed by atoms with Crippen molar-refractivity contribution in [3.63, 3.8) is 0 Å². The Kier molecular flexibility index (Phi) is 5.68. The van der Waals surface area contributed by atoms with Crippen molar-refractivity contribution in [2.24, 2.45) is 5.73 Å². The highest BCUT2D eigenvalue weighted by molar-refractivity contribution is 5.85. The molecule has 82 valence electrons. The molecule has 0 saturated heterocycles. The third kappa shape index (κ3) is 3.08. The van der Waals surface area contributed by atoms with Gasteiger partial charge < -0.3 is 10.5 Å². The first-order valence-electron chi connectivity index (χ1n) is 4.15. The SMILES string of the molecule is COc1cccc([C@H](N)CC#N)c1F.Cl. The molecule has 1 aromatic carbocycles. The molecule has 0 radical (unpaired) electrons. The lowest BCUT2D eigenvalue weighted by atomic mass is 10.0. The summed E-state index contributed by atoms with van der Waals surface area (Å²) >= 11 is 0. The van der Waals surface area contributed by atoms with Crippen LogP contribution in [-0.2, 0) is 0 Å². The van der Waals surface area contributed by atoms with Crippen LogP contribution in [0.5, 0.6) is 5.75 Å². The molecular weight excluding hydrogens is 219 g/mol. The smallest absolute Gasteiger partial charge is 0.169 e. The van der Waals surface area contributed by atoms with Gasteiger partial charge in [0.1, 0.15) is 0 Å². The number of halogens is 2. The van der Waals surface area contributed by atoms with Crippen molar-refractivity contribution >= 4 is 12.4 Å². The maximum absolute atomic E-state index is 13.5. The molecule has 0 heterocycles. The van der Waals surface area contributed by atoms with Gasteiger partial charge in [-0.15, -0.1) is 12.4 Å². The van der Waals surface area contributed by atoms with E-state index in [1.54, 1.807) is 12.1 Å². The molecule has 3 nitrogen and oxygen atoms in total. The fourth-order valence-corrected chi connectivity index (χ4v) is 1.18. The van der Waals surface area contributed by atoms with Gasteiger partial charge in [-0.1, -0.05) is 12.1 Å². The summed E-state index contributed by atoms with van der Waals surface area (Å²) in [7, 11) is 1.39. The topological polar surface area (TPSA) is 59.0 Å². The number of nitrogens with zero attached hydrogens (tertiary/aromatic N) is 1. The molecule has 1 atom stereocenters. The summed E-state index contributed by atoms with van der Waals surface area (Å²) in [5, 5.41) is 8.43. The van der Waals surface area contributed by atoms with Gasteiger partial charge in [0.05, 0.1) is 19.6 Å². The van der Waals surface area contributed by atoms with E-state index in [9.17, 15) is 4.39 Å². The van der Waals surface area contributed by atoms with Crippen LogP contribution in [0, 0.1) is 17.1 Å². The molecule has 0 aliphatic carbocycles. The van der Waals surface area contributed by atoms with E-state index >= 15 is 0 Å². The van der Waals surface area contributed by atoms with Gasteiger partial charge in [0, 0.05) is 11.6 Å². The van der Waals surface area contributed by atoms with E-state index in [1.807, 2.05) is 6.07 Å². The van der Waals surface area contributed by atoms with E-state index in [0.717, 1.165) is 0 Å². The molecule has 0 spiro atoms. The Morgan fingerprint density at radius 2 is 2.27 bits per heavy atom. The Bertz CT molecular complexity index is 365. The molecule has 0 unspecified atom stereocenters. The van der Waals surface area contributed by atoms with Gasteiger partial charge in [0.2, 0.25) is 0 Å². The molecule has 5 heteroatoms. The van der Waals surface area contributed by atoms with Crippen LogP contribution in [-0.4, -0.2) is 7.11 Å². The zero-order chi connectivity index (χ0) is 10.6. The summed E-state index contributed by atoms with van der Waals surface area (Å²) in [6.07, 6.45) is 0.0874. The summed E-state index contributed by atoms with van der Waals surface area (Å²) in [6.45, 7) is 0. The summed E-state index contributed by atoms with van der Waals surface area (Å²) < 4.78 is 18.3. The van der Waals surface area contributed by atoms with Gasteiger partial charge in [-0.25, -0.2) is 4.39 Å². The van der Waals surface area contributed by atoms with Crippen LogP contribution >= 0.6 is 12.4 Å².